The average Bonchev–Trinajstić information content (AvgIpc) is 2.72. The summed E-state index contributed by atoms with van der Waals surface area (Å²) < 4.78 is 40.0. The van der Waals surface area contributed by atoms with E-state index >= 15 is 0 Å². The first-order chi connectivity index (χ1) is 15.4. The molecule has 0 amide bonds. The summed E-state index contributed by atoms with van der Waals surface area (Å²) in [7, 11) is 4.12. The van der Waals surface area contributed by atoms with Crippen LogP contribution < -0.4 is 16.0 Å². The fraction of sp³-hybridized carbons (Fsp3) is 0.435. The highest BCUT2D eigenvalue weighted by Crippen LogP contribution is 2.36. The van der Waals surface area contributed by atoms with E-state index in [0.29, 0.717) is 17.1 Å². The van der Waals surface area contributed by atoms with Gasteiger partial charge in [0, 0.05) is 30.1 Å². The molecule has 0 spiro atoms. The van der Waals surface area contributed by atoms with Crippen LogP contribution in [-0.2, 0) is 6.18 Å². The highest BCUT2D eigenvalue weighted by molar-refractivity contribution is 5.94. The van der Waals surface area contributed by atoms with E-state index < -0.39 is 17.9 Å². The van der Waals surface area contributed by atoms with Crippen molar-refractivity contribution in [1.29, 1.82) is 0 Å². The molecule has 1 aliphatic heterocycles. The fourth-order valence-electron chi connectivity index (χ4n) is 4.18. The summed E-state index contributed by atoms with van der Waals surface area (Å²) in [6.45, 7) is 7.13. The lowest BCUT2D eigenvalue weighted by molar-refractivity contribution is -0.138. The molecule has 0 unspecified atom stereocenters. The summed E-state index contributed by atoms with van der Waals surface area (Å²) in [5.74, 6) is 1.21. The number of nitrogens with zero attached hydrogens (tertiary/aromatic N) is 5. The second-order valence-electron chi connectivity index (χ2n) is 9.11. The summed E-state index contributed by atoms with van der Waals surface area (Å²) in [6, 6.07) is 5.93. The van der Waals surface area contributed by atoms with Crippen LogP contribution in [0.15, 0.2) is 30.5 Å². The van der Waals surface area contributed by atoms with Crippen molar-refractivity contribution in [2.75, 3.05) is 37.4 Å². The van der Waals surface area contributed by atoms with E-state index in [0.717, 1.165) is 35.7 Å². The van der Waals surface area contributed by atoms with Crippen LogP contribution in [0.4, 0.5) is 24.8 Å². The van der Waals surface area contributed by atoms with Crippen molar-refractivity contribution in [3.8, 4) is 0 Å². The van der Waals surface area contributed by atoms with Gasteiger partial charge in [0.2, 0.25) is 0 Å². The van der Waals surface area contributed by atoms with Crippen LogP contribution >= 0.6 is 0 Å². The third-order valence-electron chi connectivity index (χ3n) is 6.61. The molecule has 0 radical (unpaired) electrons. The second kappa shape index (κ2) is 8.11. The maximum Gasteiger partial charge on any atom is 0.416 e. The van der Waals surface area contributed by atoms with Gasteiger partial charge in [0.15, 0.2) is 5.82 Å². The van der Waals surface area contributed by atoms with Crippen molar-refractivity contribution in [3.63, 3.8) is 0 Å². The van der Waals surface area contributed by atoms with E-state index in [9.17, 15) is 13.2 Å². The summed E-state index contributed by atoms with van der Waals surface area (Å²) in [5, 5.41) is 13.1. The molecule has 7 nitrogen and oxygen atoms in total. The molecule has 1 aromatic carbocycles. The summed E-state index contributed by atoms with van der Waals surface area (Å²) in [5.41, 5.74) is 6.81. The topological polar surface area (TPSA) is 83.2 Å². The molecule has 3 N–H and O–H groups in total. The molecular formula is C23H28F3N7. The number of nitrogens with two attached hydrogens (primary N) is 1. The highest BCUT2D eigenvalue weighted by Gasteiger charge is 2.41. The summed E-state index contributed by atoms with van der Waals surface area (Å²) in [6.07, 6.45) is -3.59. The molecule has 1 atom stereocenters. The number of anilines is 2. The van der Waals surface area contributed by atoms with E-state index in [1.165, 1.54) is 13.0 Å². The van der Waals surface area contributed by atoms with Crippen molar-refractivity contribution in [2.24, 2.45) is 5.73 Å². The van der Waals surface area contributed by atoms with Crippen LogP contribution in [0.1, 0.15) is 35.5 Å². The van der Waals surface area contributed by atoms with E-state index in [1.807, 2.05) is 13.0 Å². The van der Waals surface area contributed by atoms with Crippen molar-refractivity contribution in [2.45, 2.75) is 38.7 Å². The van der Waals surface area contributed by atoms with E-state index in [4.69, 9.17) is 5.73 Å². The summed E-state index contributed by atoms with van der Waals surface area (Å²) >= 11 is 0. The summed E-state index contributed by atoms with van der Waals surface area (Å²) in [4.78, 5) is 8.98. The number of rotatable bonds is 5. The molecule has 1 fully saturated rings. The molecule has 176 valence electrons. The molecule has 0 bridgehead atoms. The Morgan fingerprint density at radius 2 is 1.85 bits per heavy atom. The van der Waals surface area contributed by atoms with Gasteiger partial charge in [0.25, 0.3) is 0 Å². The number of nitrogens with one attached hydrogen (secondary N) is 1. The lowest BCUT2D eigenvalue weighted by atomic mass is 9.91. The number of halogens is 3. The largest absolute Gasteiger partial charge is 0.416 e. The first-order valence-corrected chi connectivity index (χ1v) is 10.6. The van der Waals surface area contributed by atoms with E-state index in [1.54, 1.807) is 12.3 Å². The standard InChI is InChI=1S/C23H28F3N7/c1-13-15(7-6-8-18(13)23(24,25)26)20(27)29-21-16-9-19(28-10-17(16)14(2)30-31-21)33-11-22(3,12-33)32(4)5/h6-10,20H,11-12,27H2,1-5H3,(H,29,31)/t20-/m0/s1. The lowest BCUT2D eigenvalue weighted by Crippen LogP contribution is -2.67. The molecule has 3 heterocycles. The molecule has 33 heavy (non-hydrogen) atoms. The van der Waals surface area contributed by atoms with Crippen LogP contribution in [-0.4, -0.2) is 52.8 Å². The van der Waals surface area contributed by atoms with Gasteiger partial charge in [0.05, 0.1) is 16.8 Å². The van der Waals surface area contributed by atoms with Gasteiger partial charge in [-0.25, -0.2) is 4.98 Å². The number of likely N-dealkylation sites (N-methyl/N-ethyl adjacent to an activating group) is 1. The van der Waals surface area contributed by atoms with Gasteiger partial charge in [0.1, 0.15) is 12.0 Å². The van der Waals surface area contributed by atoms with Crippen LogP contribution in [0.2, 0.25) is 0 Å². The number of alkyl halides is 3. The van der Waals surface area contributed by atoms with Crippen molar-refractivity contribution in [3.05, 3.63) is 52.8 Å². The number of aromatic nitrogens is 3. The van der Waals surface area contributed by atoms with Crippen LogP contribution in [0.5, 0.6) is 0 Å². The number of hydrogen-bond acceptors (Lipinski definition) is 7. The molecule has 3 aromatic rings. The Labute approximate surface area is 190 Å². The first kappa shape index (κ1) is 23.2. The third-order valence-corrected chi connectivity index (χ3v) is 6.61. The Kier molecular flexibility index (Phi) is 5.69. The van der Waals surface area contributed by atoms with Crippen LogP contribution in [0.25, 0.3) is 10.8 Å². The van der Waals surface area contributed by atoms with Gasteiger partial charge in [-0.15, -0.1) is 5.10 Å². The van der Waals surface area contributed by atoms with Gasteiger partial charge in [-0.3, -0.25) is 0 Å². The zero-order valence-corrected chi connectivity index (χ0v) is 19.3. The fourth-order valence-corrected chi connectivity index (χ4v) is 4.18. The Balaban J connectivity index is 1.67. The quantitative estimate of drug-likeness (QED) is 0.561. The predicted octanol–water partition coefficient (Wildman–Crippen LogP) is 3.87. The highest BCUT2D eigenvalue weighted by atomic mass is 19.4. The van der Waals surface area contributed by atoms with Crippen LogP contribution in [0.3, 0.4) is 0 Å². The number of hydrogen-bond donors (Lipinski definition) is 2. The SMILES string of the molecule is Cc1c([C@@H](N)Nc2nnc(C)c3cnc(N4CC(C)(N(C)C)C4)cc23)cccc1C(F)(F)F. The van der Waals surface area contributed by atoms with Crippen molar-refractivity contribution < 1.29 is 13.2 Å². The van der Waals surface area contributed by atoms with Gasteiger partial charge in [-0.2, -0.15) is 18.3 Å². The van der Waals surface area contributed by atoms with Crippen LogP contribution in [0, 0.1) is 13.8 Å². The number of pyridine rings is 1. The Morgan fingerprint density at radius 3 is 2.48 bits per heavy atom. The lowest BCUT2D eigenvalue weighted by Gasteiger charge is -2.52. The molecule has 1 aliphatic rings. The molecule has 1 saturated heterocycles. The van der Waals surface area contributed by atoms with Gasteiger partial charge >= 0.3 is 6.18 Å². The van der Waals surface area contributed by atoms with Gasteiger partial charge in [-0.05, 0) is 58.1 Å². The Hall–Kier alpha value is -2.98. The normalized spacial score (nSPS) is 16.7. The average molecular weight is 460 g/mol. The van der Waals surface area contributed by atoms with Gasteiger partial charge in [-0.1, -0.05) is 12.1 Å². The number of fused-ring (bicyclic) bond motifs is 1. The van der Waals surface area contributed by atoms with E-state index in [2.05, 4.69) is 51.3 Å². The van der Waals surface area contributed by atoms with Crippen molar-refractivity contribution in [1.82, 2.24) is 20.1 Å². The minimum absolute atomic E-state index is 0.0769. The molecule has 0 saturated carbocycles. The molecule has 4 rings (SSSR count). The number of aryl methyl sites for hydroxylation is 1. The maximum absolute atomic E-state index is 13.3. The Bertz CT molecular complexity index is 1190. The number of benzene rings is 1. The zero-order valence-electron chi connectivity index (χ0n) is 19.3. The minimum atomic E-state index is -4.45. The third kappa shape index (κ3) is 4.20. The second-order valence-corrected chi connectivity index (χ2v) is 9.11. The minimum Gasteiger partial charge on any atom is -0.353 e. The smallest absolute Gasteiger partial charge is 0.353 e. The molecule has 2 aromatic heterocycles. The zero-order chi connectivity index (χ0) is 24.1. The van der Waals surface area contributed by atoms with Crippen molar-refractivity contribution >= 4 is 22.4 Å². The molecule has 0 aliphatic carbocycles. The Morgan fingerprint density at radius 1 is 1.15 bits per heavy atom. The first-order valence-electron chi connectivity index (χ1n) is 10.6. The molecular weight excluding hydrogens is 431 g/mol. The maximum atomic E-state index is 13.3. The van der Waals surface area contributed by atoms with Gasteiger partial charge < -0.3 is 20.9 Å². The monoisotopic (exact) mass is 459 g/mol. The molecule has 10 heteroatoms. The predicted molar refractivity (Wildman–Crippen MR) is 123 cm³/mol. The van der Waals surface area contributed by atoms with E-state index in [-0.39, 0.29) is 11.1 Å².